The Bertz CT molecular complexity index is 391. The minimum atomic E-state index is -3.40. The molecule has 2 atom stereocenters. The molecule has 0 aromatic carbocycles. The predicted molar refractivity (Wildman–Crippen MR) is 74.9 cm³/mol. The molecule has 0 radical (unpaired) electrons. The Morgan fingerprint density at radius 1 is 1.21 bits per heavy atom. The van der Waals surface area contributed by atoms with Gasteiger partial charge in [0.2, 0.25) is 0 Å². The number of nitrogens with one attached hydrogen (secondary N) is 1. The van der Waals surface area contributed by atoms with Crippen molar-refractivity contribution >= 4 is 10.2 Å². The first-order valence-corrected chi connectivity index (χ1v) is 8.80. The Kier molecular flexibility index (Phi) is 4.87. The Balaban J connectivity index is 2.04. The van der Waals surface area contributed by atoms with Gasteiger partial charge >= 0.3 is 0 Å². The standard InChI is InChI=1S/C13H26N2O3S/c1-13(11-16)8-6-7-12(13)14-19(17,18)15-9-4-2-3-5-10-15/h12,14,16H,2-11H2,1H3/t12-,13-/m1/s1. The summed E-state index contributed by atoms with van der Waals surface area (Å²) in [4.78, 5) is 0. The predicted octanol–water partition coefficient (Wildman–Crippen LogP) is 1.25. The quantitative estimate of drug-likeness (QED) is 0.818. The summed E-state index contributed by atoms with van der Waals surface area (Å²) in [6.45, 7) is 3.26. The molecule has 1 heterocycles. The molecule has 2 N–H and O–H groups in total. The number of aliphatic hydroxyl groups is 1. The van der Waals surface area contributed by atoms with Crippen LogP contribution in [0.3, 0.4) is 0 Å². The van der Waals surface area contributed by atoms with Gasteiger partial charge in [-0.25, -0.2) is 0 Å². The van der Waals surface area contributed by atoms with Gasteiger partial charge in [-0.15, -0.1) is 0 Å². The van der Waals surface area contributed by atoms with Gasteiger partial charge < -0.3 is 5.11 Å². The fraction of sp³-hybridized carbons (Fsp3) is 1.00. The minimum Gasteiger partial charge on any atom is -0.396 e. The van der Waals surface area contributed by atoms with E-state index in [2.05, 4.69) is 4.72 Å². The summed E-state index contributed by atoms with van der Waals surface area (Å²) in [6, 6.07) is -0.134. The van der Waals surface area contributed by atoms with Gasteiger partial charge in [-0.3, -0.25) is 0 Å². The molecule has 19 heavy (non-hydrogen) atoms. The van der Waals surface area contributed by atoms with Gasteiger partial charge in [-0.2, -0.15) is 17.4 Å². The zero-order chi connectivity index (χ0) is 13.9. The van der Waals surface area contributed by atoms with E-state index in [0.717, 1.165) is 44.9 Å². The molecule has 0 aromatic rings. The maximum Gasteiger partial charge on any atom is 0.279 e. The van der Waals surface area contributed by atoms with Crippen LogP contribution in [0.2, 0.25) is 0 Å². The molecule has 2 aliphatic rings. The molecular formula is C13H26N2O3S. The zero-order valence-corrected chi connectivity index (χ0v) is 12.6. The van der Waals surface area contributed by atoms with Crippen LogP contribution in [0.25, 0.3) is 0 Å². The molecule has 5 nitrogen and oxygen atoms in total. The van der Waals surface area contributed by atoms with Crippen LogP contribution in [0.4, 0.5) is 0 Å². The van der Waals surface area contributed by atoms with Gasteiger partial charge in [0.1, 0.15) is 0 Å². The maximum absolute atomic E-state index is 12.4. The third-order valence-electron chi connectivity index (χ3n) is 4.64. The lowest BCUT2D eigenvalue weighted by Gasteiger charge is -2.32. The molecule has 0 bridgehead atoms. The van der Waals surface area contributed by atoms with Crippen molar-refractivity contribution in [3.63, 3.8) is 0 Å². The maximum atomic E-state index is 12.4. The summed E-state index contributed by atoms with van der Waals surface area (Å²) in [7, 11) is -3.40. The van der Waals surface area contributed by atoms with Gasteiger partial charge in [0.25, 0.3) is 10.2 Å². The van der Waals surface area contributed by atoms with E-state index in [1.165, 1.54) is 0 Å². The summed E-state index contributed by atoms with van der Waals surface area (Å²) < 4.78 is 29.3. The summed E-state index contributed by atoms with van der Waals surface area (Å²) in [5.41, 5.74) is -0.307. The first-order chi connectivity index (χ1) is 8.98. The van der Waals surface area contributed by atoms with E-state index < -0.39 is 10.2 Å². The number of aliphatic hydroxyl groups excluding tert-OH is 1. The molecule has 2 rings (SSSR count). The van der Waals surface area contributed by atoms with Crippen LogP contribution in [0.1, 0.15) is 51.9 Å². The van der Waals surface area contributed by atoms with Crippen LogP contribution in [0.15, 0.2) is 0 Å². The highest BCUT2D eigenvalue weighted by Crippen LogP contribution is 2.37. The summed E-state index contributed by atoms with van der Waals surface area (Å²) in [5, 5.41) is 9.50. The molecule has 0 amide bonds. The van der Waals surface area contributed by atoms with E-state index in [0.29, 0.717) is 13.1 Å². The first kappa shape index (κ1) is 15.2. The van der Waals surface area contributed by atoms with Crippen molar-refractivity contribution in [1.82, 2.24) is 9.03 Å². The van der Waals surface area contributed by atoms with E-state index in [1.54, 1.807) is 4.31 Å². The molecule has 1 saturated carbocycles. The summed E-state index contributed by atoms with van der Waals surface area (Å²) >= 11 is 0. The van der Waals surface area contributed by atoms with Crippen LogP contribution in [0, 0.1) is 5.41 Å². The van der Waals surface area contributed by atoms with Crippen LogP contribution in [-0.4, -0.2) is 43.6 Å². The first-order valence-electron chi connectivity index (χ1n) is 7.36. The van der Waals surface area contributed by atoms with Crippen molar-refractivity contribution in [1.29, 1.82) is 0 Å². The van der Waals surface area contributed by atoms with Crippen molar-refractivity contribution in [3.8, 4) is 0 Å². The fourth-order valence-electron chi connectivity index (χ4n) is 3.16. The molecule has 0 spiro atoms. The Morgan fingerprint density at radius 3 is 2.42 bits per heavy atom. The van der Waals surface area contributed by atoms with E-state index in [9.17, 15) is 13.5 Å². The molecule has 112 valence electrons. The lowest BCUT2D eigenvalue weighted by molar-refractivity contribution is 0.126. The topological polar surface area (TPSA) is 69.6 Å². The van der Waals surface area contributed by atoms with Crippen LogP contribution >= 0.6 is 0 Å². The lowest BCUT2D eigenvalue weighted by Crippen LogP contribution is -2.50. The minimum absolute atomic E-state index is 0.0419. The normalized spacial score (nSPS) is 34.3. The van der Waals surface area contributed by atoms with Gasteiger partial charge in [-0.05, 0) is 25.7 Å². The second-order valence-electron chi connectivity index (χ2n) is 6.19. The molecule has 2 fully saturated rings. The van der Waals surface area contributed by atoms with Crippen molar-refractivity contribution in [3.05, 3.63) is 0 Å². The second kappa shape index (κ2) is 6.08. The number of nitrogens with zero attached hydrogens (tertiary/aromatic N) is 1. The van der Waals surface area contributed by atoms with Gasteiger partial charge in [-0.1, -0.05) is 26.2 Å². The Labute approximate surface area is 116 Å². The highest BCUT2D eigenvalue weighted by Gasteiger charge is 2.41. The van der Waals surface area contributed by atoms with Crippen LogP contribution in [-0.2, 0) is 10.2 Å². The number of rotatable bonds is 4. The Hall–Kier alpha value is -0.170. The highest BCUT2D eigenvalue weighted by molar-refractivity contribution is 7.87. The van der Waals surface area contributed by atoms with Gasteiger partial charge in [0.05, 0.1) is 0 Å². The van der Waals surface area contributed by atoms with E-state index in [-0.39, 0.29) is 18.1 Å². The third-order valence-corrected chi connectivity index (χ3v) is 6.27. The average Bonchev–Trinajstić information content (AvgIpc) is 2.60. The average molecular weight is 290 g/mol. The van der Waals surface area contributed by atoms with E-state index in [4.69, 9.17) is 0 Å². The van der Waals surface area contributed by atoms with Crippen molar-refractivity contribution < 1.29 is 13.5 Å². The van der Waals surface area contributed by atoms with E-state index >= 15 is 0 Å². The van der Waals surface area contributed by atoms with Crippen molar-refractivity contribution in [2.24, 2.45) is 5.41 Å². The summed E-state index contributed by atoms with van der Waals surface area (Å²) in [6.07, 6.45) is 6.81. The lowest BCUT2D eigenvalue weighted by atomic mass is 9.86. The SMILES string of the molecule is C[C@]1(CO)CCC[C@H]1NS(=O)(=O)N1CCCCCC1. The fourth-order valence-corrected chi connectivity index (χ4v) is 4.81. The Morgan fingerprint density at radius 2 is 1.84 bits per heavy atom. The summed E-state index contributed by atoms with van der Waals surface area (Å²) in [5.74, 6) is 0. The molecule has 1 aliphatic carbocycles. The largest absolute Gasteiger partial charge is 0.396 e. The molecule has 0 unspecified atom stereocenters. The van der Waals surface area contributed by atoms with Crippen molar-refractivity contribution in [2.45, 2.75) is 57.9 Å². The third kappa shape index (κ3) is 3.48. The van der Waals surface area contributed by atoms with E-state index in [1.807, 2.05) is 6.92 Å². The molecule has 1 aliphatic heterocycles. The number of hydrogen-bond acceptors (Lipinski definition) is 3. The molecular weight excluding hydrogens is 264 g/mol. The second-order valence-corrected chi connectivity index (χ2v) is 7.90. The number of hydrogen-bond donors (Lipinski definition) is 2. The highest BCUT2D eigenvalue weighted by atomic mass is 32.2. The molecule has 0 aromatic heterocycles. The zero-order valence-electron chi connectivity index (χ0n) is 11.8. The monoisotopic (exact) mass is 290 g/mol. The smallest absolute Gasteiger partial charge is 0.279 e. The van der Waals surface area contributed by atoms with Gasteiger partial charge in [0.15, 0.2) is 0 Å². The molecule has 6 heteroatoms. The van der Waals surface area contributed by atoms with Crippen LogP contribution in [0.5, 0.6) is 0 Å². The van der Waals surface area contributed by atoms with Gasteiger partial charge in [0, 0.05) is 31.2 Å². The van der Waals surface area contributed by atoms with Crippen LogP contribution < -0.4 is 4.72 Å². The van der Waals surface area contributed by atoms with Crippen molar-refractivity contribution in [2.75, 3.05) is 19.7 Å². The molecule has 1 saturated heterocycles.